The predicted molar refractivity (Wildman–Crippen MR) is 135 cm³/mol. The minimum absolute atomic E-state index is 0.0204. The molecule has 0 radical (unpaired) electrons. The molecule has 0 bridgehead atoms. The van der Waals surface area contributed by atoms with Gasteiger partial charge in [-0.15, -0.1) is 14.8 Å². The summed E-state index contributed by atoms with van der Waals surface area (Å²) in [6, 6.07) is 9.69. The summed E-state index contributed by atoms with van der Waals surface area (Å²) in [5.74, 6) is -1.27. The Morgan fingerprint density at radius 3 is 2.66 bits per heavy atom. The van der Waals surface area contributed by atoms with Crippen molar-refractivity contribution in [3.05, 3.63) is 66.5 Å². The monoisotopic (exact) mass is 525 g/mol. The van der Waals surface area contributed by atoms with Crippen LogP contribution in [0.2, 0.25) is 0 Å². The molecule has 0 unspecified atom stereocenters. The van der Waals surface area contributed by atoms with Crippen molar-refractivity contribution in [2.24, 2.45) is 0 Å². The number of nitrogens with one attached hydrogen (secondary N) is 2. The van der Waals surface area contributed by atoms with E-state index in [0.29, 0.717) is 33.6 Å². The predicted octanol–water partition coefficient (Wildman–Crippen LogP) is 3.77. The first-order valence-electron chi connectivity index (χ1n) is 11.1. The number of nitrogen functional groups attached to an aromatic ring is 1. The van der Waals surface area contributed by atoms with E-state index in [-0.39, 0.29) is 17.1 Å². The van der Waals surface area contributed by atoms with E-state index in [1.165, 1.54) is 36.3 Å². The number of nitrogens with zero attached hydrogens (tertiary/aromatic N) is 4. The number of methoxy groups -OCH3 is 1. The average molecular weight is 525 g/mol. The maximum Gasteiger partial charge on any atom is 0.405 e. The molecule has 4 aromatic rings. The molecule has 2 aromatic carbocycles. The number of benzene rings is 2. The van der Waals surface area contributed by atoms with Crippen LogP contribution >= 0.6 is 0 Å². The maximum atomic E-state index is 12.6. The average Bonchev–Trinajstić information content (AvgIpc) is 3.27. The van der Waals surface area contributed by atoms with Gasteiger partial charge in [0.2, 0.25) is 5.91 Å². The smallest absolute Gasteiger partial charge is 0.405 e. The first kappa shape index (κ1) is 26.1. The number of alkyl halides is 3. The molecule has 4 rings (SSSR count). The summed E-state index contributed by atoms with van der Waals surface area (Å²) in [5.41, 5.74) is 9.53. The molecular formula is C25H22F3N7O3. The van der Waals surface area contributed by atoms with Crippen molar-refractivity contribution < 1.29 is 27.5 Å². The van der Waals surface area contributed by atoms with E-state index in [1.54, 1.807) is 12.1 Å². The molecule has 0 aliphatic rings. The van der Waals surface area contributed by atoms with E-state index >= 15 is 0 Å². The fourth-order valence-corrected chi connectivity index (χ4v) is 3.84. The lowest BCUT2D eigenvalue weighted by molar-refractivity contribution is -0.123. The number of rotatable bonds is 7. The fraction of sp³-hybridized carbons (Fsp3) is 0.160. The molecule has 2 amide bonds. The van der Waals surface area contributed by atoms with Gasteiger partial charge in [0.25, 0.3) is 5.91 Å². The summed E-state index contributed by atoms with van der Waals surface area (Å²) in [4.78, 5) is 28.6. The highest BCUT2D eigenvalue weighted by Gasteiger charge is 2.29. The Hall–Kier alpha value is -4.94. The molecule has 38 heavy (non-hydrogen) atoms. The van der Waals surface area contributed by atoms with Gasteiger partial charge in [-0.1, -0.05) is 24.8 Å². The molecule has 4 N–H and O–H groups in total. The van der Waals surface area contributed by atoms with Crippen molar-refractivity contribution in [3.8, 4) is 28.1 Å². The van der Waals surface area contributed by atoms with Gasteiger partial charge in [0, 0.05) is 11.1 Å². The number of aromatic nitrogens is 4. The Kier molecular flexibility index (Phi) is 7.02. The molecule has 10 nitrogen and oxygen atoms in total. The largest absolute Gasteiger partial charge is 0.496 e. The number of hydrogen-bond acceptors (Lipinski definition) is 7. The lowest BCUT2D eigenvalue weighted by Crippen LogP contribution is -2.33. The van der Waals surface area contributed by atoms with Gasteiger partial charge in [0.05, 0.1) is 18.4 Å². The topological polar surface area (TPSA) is 137 Å². The summed E-state index contributed by atoms with van der Waals surface area (Å²) in [7, 11) is 1.29. The number of carbonyl (C=O) groups excluding carboxylic acids is 2. The van der Waals surface area contributed by atoms with Crippen molar-refractivity contribution in [2.45, 2.75) is 13.1 Å². The van der Waals surface area contributed by atoms with Crippen LogP contribution in [-0.2, 0) is 4.79 Å². The molecule has 13 heteroatoms. The second kappa shape index (κ2) is 10.2. The number of halogens is 3. The van der Waals surface area contributed by atoms with Crippen molar-refractivity contribution in [1.82, 2.24) is 25.1 Å². The summed E-state index contributed by atoms with van der Waals surface area (Å²) in [6.07, 6.45) is -2.21. The number of nitrogens with two attached hydrogens (primary N) is 1. The van der Waals surface area contributed by atoms with Crippen LogP contribution in [0.4, 0.5) is 24.7 Å². The van der Waals surface area contributed by atoms with Crippen molar-refractivity contribution >= 4 is 28.8 Å². The van der Waals surface area contributed by atoms with Gasteiger partial charge in [-0.25, -0.2) is 4.98 Å². The molecular weight excluding hydrogens is 503 g/mol. The Balaban J connectivity index is 1.91. The number of hydrogen-bond donors (Lipinski definition) is 3. The van der Waals surface area contributed by atoms with Gasteiger partial charge in [-0.2, -0.15) is 13.2 Å². The van der Waals surface area contributed by atoms with Crippen LogP contribution in [0.5, 0.6) is 5.75 Å². The van der Waals surface area contributed by atoms with E-state index in [2.05, 4.69) is 27.1 Å². The Morgan fingerprint density at radius 1 is 1.21 bits per heavy atom. The van der Waals surface area contributed by atoms with E-state index in [1.807, 2.05) is 18.3 Å². The highest BCUT2D eigenvalue weighted by Crippen LogP contribution is 2.41. The Bertz CT molecular complexity index is 1560. The molecule has 2 heterocycles. The van der Waals surface area contributed by atoms with E-state index in [9.17, 15) is 22.8 Å². The zero-order chi connectivity index (χ0) is 27.6. The van der Waals surface area contributed by atoms with Crippen LogP contribution < -0.4 is 21.1 Å². The molecule has 0 saturated heterocycles. The quantitative estimate of drug-likeness (QED) is 0.313. The lowest BCUT2D eigenvalue weighted by Gasteiger charge is -2.14. The number of amides is 2. The highest BCUT2D eigenvalue weighted by molar-refractivity contribution is 6.05. The lowest BCUT2D eigenvalue weighted by atomic mass is 9.96. The molecule has 0 fully saturated rings. The van der Waals surface area contributed by atoms with Crippen LogP contribution in [0, 0.1) is 6.92 Å². The third-order valence-electron chi connectivity index (χ3n) is 5.53. The first-order valence-corrected chi connectivity index (χ1v) is 11.1. The third-order valence-corrected chi connectivity index (χ3v) is 5.53. The molecule has 0 spiro atoms. The standard InChI is InChI=1S/C25H22F3N7O3/c1-4-19(36)33-17-9-13(2)5-7-15(17)21-20(22-23(29)31-12-32-35(22)34-21)14-6-8-16(18(10-14)38-3)24(37)30-11-25(26,27)28/h4-10,12H,1,11H2,2-3H3,(H,30,37)(H,33,36)(H2,29,31,32). The summed E-state index contributed by atoms with van der Waals surface area (Å²) in [6.45, 7) is 3.85. The van der Waals surface area contributed by atoms with E-state index in [0.717, 1.165) is 11.6 Å². The van der Waals surface area contributed by atoms with Crippen molar-refractivity contribution in [3.63, 3.8) is 0 Å². The van der Waals surface area contributed by atoms with Crippen molar-refractivity contribution in [1.29, 1.82) is 0 Å². The van der Waals surface area contributed by atoms with Crippen LogP contribution in [0.3, 0.4) is 0 Å². The second-order valence-corrected chi connectivity index (χ2v) is 8.16. The summed E-state index contributed by atoms with van der Waals surface area (Å²) < 4.78 is 44.4. The molecule has 0 aliphatic heterocycles. The van der Waals surface area contributed by atoms with Gasteiger partial charge >= 0.3 is 6.18 Å². The number of fused-ring (bicyclic) bond motifs is 1. The van der Waals surface area contributed by atoms with Crippen LogP contribution in [0.15, 0.2) is 55.4 Å². The number of carbonyl (C=O) groups is 2. The van der Waals surface area contributed by atoms with E-state index < -0.39 is 24.5 Å². The maximum absolute atomic E-state index is 12.6. The van der Waals surface area contributed by atoms with Crippen molar-refractivity contribution in [2.75, 3.05) is 24.7 Å². The van der Waals surface area contributed by atoms with Gasteiger partial charge < -0.3 is 21.1 Å². The van der Waals surface area contributed by atoms with Gasteiger partial charge in [0.15, 0.2) is 5.82 Å². The second-order valence-electron chi connectivity index (χ2n) is 8.16. The van der Waals surface area contributed by atoms with Gasteiger partial charge in [-0.3, -0.25) is 9.59 Å². The Labute approximate surface area is 214 Å². The summed E-state index contributed by atoms with van der Waals surface area (Å²) in [5, 5.41) is 13.3. The Morgan fingerprint density at radius 2 is 1.97 bits per heavy atom. The van der Waals surface area contributed by atoms with Crippen LogP contribution in [0.1, 0.15) is 15.9 Å². The van der Waals surface area contributed by atoms with Gasteiger partial charge in [-0.05, 0) is 42.3 Å². The molecule has 2 aromatic heterocycles. The number of ether oxygens (including phenoxy) is 1. The molecule has 0 atom stereocenters. The van der Waals surface area contributed by atoms with Gasteiger partial charge in [0.1, 0.15) is 29.8 Å². The highest BCUT2D eigenvalue weighted by atomic mass is 19.4. The number of anilines is 2. The third kappa shape index (κ3) is 5.26. The summed E-state index contributed by atoms with van der Waals surface area (Å²) >= 11 is 0. The fourth-order valence-electron chi connectivity index (χ4n) is 3.84. The van der Waals surface area contributed by atoms with E-state index in [4.69, 9.17) is 10.5 Å². The minimum Gasteiger partial charge on any atom is -0.496 e. The molecule has 0 aliphatic carbocycles. The van der Waals surface area contributed by atoms with Crippen LogP contribution in [0.25, 0.3) is 27.9 Å². The first-order chi connectivity index (χ1) is 18.0. The molecule has 0 saturated carbocycles. The molecule has 196 valence electrons. The normalized spacial score (nSPS) is 11.3. The SMILES string of the molecule is C=CC(=O)Nc1cc(C)ccc1-c1nn2ncnc(N)c2c1-c1ccc(C(=O)NCC(F)(F)F)c(OC)c1. The zero-order valence-electron chi connectivity index (χ0n) is 20.3. The van der Waals surface area contributed by atoms with Crippen LogP contribution in [-0.4, -0.2) is 51.5 Å². The number of aryl methyl sites for hydroxylation is 1. The minimum atomic E-state index is -4.57. The zero-order valence-corrected chi connectivity index (χ0v) is 20.3.